The summed E-state index contributed by atoms with van der Waals surface area (Å²) in [5.74, 6) is 4.55. The third-order valence-corrected chi connectivity index (χ3v) is 1.73. The minimum absolute atomic E-state index is 0.257. The van der Waals surface area contributed by atoms with Crippen LogP contribution in [0.4, 0.5) is 5.69 Å². The Kier molecular flexibility index (Phi) is 2.52. The highest BCUT2D eigenvalue weighted by molar-refractivity contribution is 6.33. The number of benzene rings is 1. The molecule has 0 aliphatic heterocycles. The highest BCUT2D eigenvalue weighted by Gasteiger charge is 2.06. The molecule has 1 rings (SSSR count). The number of halogens is 1. The number of nitrogens with one attached hydrogen (secondary N) is 1. The molecular formula is C7H8ClN3O. The van der Waals surface area contributed by atoms with Crippen LogP contribution in [0, 0.1) is 0 Å². The highest BCUT2D eigenvalue weighted by atomic mass is 35.5. The van der Waals surface area contributed by atoms with E-state index in [1.807, 2.05) is 0 Å². The lowest BCUT2D eigenvalue weighted by Crippen LogP contribution is -2.13. The molecule has 0 radical (unpaired) electrons. The van der Waals surface area contributed by atoms with E-state index in [1.165, 1.54) is 6.07 Å². The van der Waals surface area contributed by atoms with Crippen LogP contribution in [0.15, 0.2) is 18.2 Å². The Bertz CT molecular complexity index is 314. The van der Waals surface area contributed by atoms with Gasteiger partial charge in [0.15, 0.2) is 0 Å². The Morgan fingerprint density at radius 2 is 2.17 bits per heavy atom. The number of nitrogen functional groups attached to an aromatic ring is 1. The molecule has 0 fully saturated rings. The number of nitrogens with two attached hydrogens (primary N) is 2. The molecule has 0 bridgehead atoms. The van der Waals surface area contributed by atoms with E-state index in [0.29, 0.717) is 10.7 Å². The van der Waals surface area contributed by atoms with Gasteiger partial charge in [0.05, 0.1) is 10.6 Å². The summed E-state index contributed by atoms with van der Waals surface area (Å²) in [6, 6.07) is 4.69. The fourth-order valence-electron chi connectivity index (χ4n) is 0.804. The standard InChI is InChI=1S/C7H8ClN3O/c8-6-2-1-4(11-10)3-5(6)7(9)12/h1-3,11H,10H2,(H2,9,12). The number of hydrogen-bond acceptors (Lipinski definition) is 3. The van der Waals surface area contributed by atoms with Gasteiger partial charge in [-0.3, -0.25) is 10.6 Å². The molecule has 0 saturated carbocycles. The smallest absolute Gasteiger partial charge is 0.250 e. The third kappa shape index (κ3) is 1.66. The Hall–Kier alpha value is -1.26. The van der Waals surface area contributed by atoms with Gasteiger partial charge in [0.1, 0.15) is 0 Å². The molecule has 0 unspecified atom stereocenters. The number of anilines is 1. The first kappa shape index (κ1) is 8.83. The van der Waals surface area contributed by atoms with Gasteiger partial charge in [0, 0.05) is 5.69 Å². The molecule has 0 heterocycles. The van der Waals surface area contributed by atoms with E-state index in [0.717, 1.165) is 0 Å². The van der Waals surface area contributed by atoms with Gasteiger partial charge in [-0.1, -0.05) is 11.6 Å². The maximum atomic E-state index is 10.8. The first-order valence-electron chi connectivity index (χ1n) is 3.21. The van der Waals surface area contributed by atoms with Gasteiger partial charge in [0.2, 0.25) is 5.91 Å². The van der Waals surface area contributed by atoms with Crippen LogP contribution in [-0.4, -0.2) is 5.91 Å². The predicted octanol–water partition coefficient (Wildman–Crippen LogP) is 0.725. The van der Waals surface area contributed by atoms with Gasteiger partial charge >= 0.3 is 0 Å². The lowest BCUT2D eigenvalue weighted by molar-refractivity contribution is 0.100. The Balaban J connectivity index is 3.17. The van der Waals surface area contributed by atoms with Crippen molar-refractivity contribution in [2.75, 3.05) is 5.43 Å². The van der Waals surface area contributed by atoms with Crippen LogP contribution < -0.4 is 17.0 Å². The van der Waals surface area contributed by atoms with Crippen molar-refractivity contribution in [1.29, 1.82) is 0 Å². The van der Waals surface area contributed by atoms with Crippen molar-refractivity contribution in [3.63, 3.8) is 0 Å². The SMILES string of the molecule is NNc1ccc(Cl)c(C(N)=O)c1. The van der Waals surface area contributed by atoms with Crippen LogP contribution in [0.3, 0.4) is 0 Å². The number of primary amides is 1. The monoisotopic (exact) mass is 185 g/mol. The third-order valence-electron chi connectivity index (χ3n) is 1.40. The van der Waals surface area contributed by atoms with E-state index < -0.39 is 5.91 Å². The number of carbonyl (C=O) groups excluding carboxylic acids is 1. The van der Waals surface area contributed by atoms with Gasteiger partial charge in [0.25, 0.3) is 0 Å². The zero-order valence-electron chi connectivity index (χ0n) is 6.17. The predicted molar refractivity (Wildman–Crippen MR) is 47.8 cm³/mol. The molecule has 0 saturated heterocycles. The maximum Gasteiger partial charge on any atom is 0.250 e. The fourth-order valence-corrected chi connectivity index (χ4v) is 1.01. The summed E-state index contributed by atoms with van der Waals surface area (Å²) in [6.45, 7) is 0. The summed E-state index contributed by atoms with van der Waals surface area (Å²) in [5, 5.41) is 0.321. The summed E-state index contributed by atoms with van der Waals surface area (Å²) in [5.41, 5.74) is 8.28. The van der Waals surface area contributed by atoms with E-state index >= 15 is 0 Å². The molecule has 0 spiro atoms. The largest absolute Gasteiger partial charge is 0.366 e. The quantitative estimate of drug-likeness (QED) is 0.469. The molecule has 0 atom stereocenters. The van der Waals surface area contributed by atoms with Crippen molar-refractivity contribution in [2.24, 2.45) is 11.6 Å². The van der Waals surface area contributed by atoms with Crippen molar-refractivity contribution < 1.29 is 4.79 Å². The first-order chi connectivity index (χ1) is 5.65. The van der Waals surface area contributed by atoms with Crippen molar-refractivity contribution >= 4 is 23.2 Å². The molecule has 0 aromatic heterocycles. The summed E-state index contributed by atoms with van der Waals surface area (Å²) in [6.07, 6.45) is 0. The van der Waals surface area contributed by atoms with Crippen LogP contribution in [0.25, 0.3) is 0 Å². The maximum absolute atomic E-state index is 10.8. The molecule has 1 amide bonds. The van der Waals surface area contributed by atoms with Crippen LogP contribution >= 0.6 is 11.6 Å². The average molecular weight is 186 g/mol. The lowest BCUT2D eigenvalue weighted by atomic mass is 10.2. The second kappa shape index (κ2) is 3.42. The van der Waals surface area contributed by atoms with Crippen molar-refractivity contribution in [3.8, 4) is 0 Å². The number of rotatable bonds is 2. The number of hydrogen-bond donors (Lipinski definition) is 3. The molecule has 1 aromatic rings. The molecule has 0 aliphatic rings. The number of amides is 1. The van der Waals surface area contributed by atoms with Crippen LogP contribution in [0.1, 0.15) is 10.4 Å². The van der Waals surface area contributed by atoms with Gasteiger partial charge in [-0.2, -0.15) is 0 Å². The van der Waals surface area contributed by atoms with E-state index in [9.17, 15) is 4.79 Å². The lowest BCUT2D eigenvalue weighted by Gasteiger charge is -2.03. The number of hydrazine groups is 1. The molecule has 64 valence electrons. The molecule has 5 N–H and O–H groups in total. The van der Waals surface area contributed by atoms with Crippen molar-refractivity contribution in [3.05, 3.63) is 28.8 Å². The Labute approximate surface area is 74.5 Å². The summed E-state index contributed by atoms with van der Waals surface area (Å²) >= 11 is 5.68. The molecular weight excluding hydrogens is 178 g/mol. The van der Waals surface area contributed by atoms with Crippen molar-refractivity contribution in [1.82, 2.24) is 0 Å². The van der Waals surface area contributed by atoms with Gasteiger partial charge in [-0.25, -0.2) is 0 Å². The van der Waals surface area contributed by atoms with Gasteiger partial charge in [-0.15, -0.1) is 0 Å². The minimum atomic E-state index is -0.572. The topological polar surface area (TPSA) is 81.1 Å². The molecule has 5 heteroatoms. The second-order valence-corrected chi connectivity index (χ2v) is 2.61. The van der Waals surface area contributed by atoms with Gasteiger partial charge in [-0.05, 0) is 18.2 Å². The zero-order chi connectivity index (χ0) is 9.14. The zero-order valence-corrected chi connectivity index (χ0v) is 6.93. The van der Waals surface area contributed by atoms with Crippen LogP contribution in [-0.2, 0) is 0 Å². The van der Waals surface area contributed by atoms with Crippen LogP contribution in [0.2, 0.25) is 5.02 Å². The molecule has 12 heavy (non-hydrogen) atoms. The van der Waals surface area contributed by atoms with E-state index in [-0.39, 0.29) is 5.56 Å². The van der Waals surface area contributed by atoms with Gasteiger partial charge < -0.3 is 11.2 Å². The minimum Gasteiger partial charge on any atom is -0.366 e. The number of carbonyl (C=O) groups is 1. The Morgan fingerprint density at radius 1 is 1.50 bits per heavy atom. The summed E-state index contributed by atoms with van der Waals surface area (Å²) in [7, 11) is 0. The second-order valence-electron chi connectivity index (χ2n) is 2.20. The summed E-state index contributed by atoms with van der Waals surface area (Å²) in [4.78, 5) is 10.8. The van der Waals surface area contributed by atoms with Crippen LogP contribution in [0.5, 0.6) is 0 Å². The van der Waals surface area contributed by atoms with E-state index in [4.69, 9.17) is 23.2 Å². The van der Waals surface area contributed by atoms with Crippen molar-refractivity contribution in [2.45, 2.75) is 0 Å². The molecule has 1 aromatic carbocycles. The normalized spacial score (nSPS) is 9.50. The Morgan fingerprint density at radius 3 is 2.67 bits per heavy atom. The summed E-state index contributed by atoms with van der Waals surface area (Å²) < 4.78 is 0. The fraction of sp³-hybridized carbons (Fsp3) is 0. The van der Waals surface area contributed by atoms with E-state index in [2.05, 4.69) is 5.43 Å². The van der Waals surface area contributed by atoms with E-state index in [1.54, 1.807) is 12.1 Å². The molecule has 0 aliphatic carbocycles. The average Bonchev–Trinajstić information content (AvgIpc) is 2.05. The first-order valence-corrected chi connectivity index (χ1v) is 3.59. The highest BCUT2D eigenvalue weighted by Crippen LogP contribution is 2.19. The molecule has 4 nitrogen and oxygen atoms in total.